The highest BCUT2D eigenvalue weighted by Gasteiger charge is 2.17. The number of nitrogens with zero attached hydrogens (tertiary/aromatic N) is 1. The number of carbonyl (C=O) groups excluding carboxylic acids is 2. The van der Waals surface area contributed by atoms with Gasteiger partial charge in [-0.25, -0.2) is 0 Å². The largest absolute Gasteiger partial charge is 0.480 e. The minimum atomic E-state index is -1.07. The van der Waals surface area contributed by atoms with Crippen LogP contribution in [0.5, 0.6) is 0 Å². The molecule has 0 saturated carbocycles. The molecule has 0 aliphatic carbocycles. The molecule has 120 valence electrons. The fourth-order valence-electron chi connectivity index (χ4n) is 2.20. The number of hydrogen-bond acceptors (Lipinski definition) is 3. The van der Waals surface area contributed by atoms with E-state index in [4.69, 9.17) is 5.11 Å². The molecule has 2 amide bonds. The average molecular weight is 306 g/mol. The van der Waals surface area contributed by atoms with Crippen molar-refractivity contribution in [2.75, 3.05) is 19.6 Å². The Labute approximate surface area is 130 Å². The van der Waals surface area contributed by atoms with Crippen LogP contribution in [0.15, 0.2) is 18.2 Å². The number of carboxylic acids is 1. The summed E-state index contributed by atoms with van der Waals surface area (Å²) in [6.07, 6.45) is 0.657. The first-order valence-electron chi connectivity index (χ1n) is 7.19. The van der Waals surface area contributed by atoms with Crippen LogP contribution in [0.2, 0.25) is 0 Å². The van der Waals surface area contributed by atoms with Gasteiger partial charge in [0, 0.05) is 12.1 Å². The Bertz CT molecular complexity index is 549. The lowest BCUT2D eigenvalue weighted by Gasteiger charge is -2.20. The van der Waals surface area contributed by atoms with Crippen molar-refractivity contribution in [3.63, 3.8) is 0 Å². The summed E-state index contributed by atoms with van der Waals surface area (Å²) in [4.78, 5) is 36.0. The molecule has 1 rings (SSSR count). The van der Waals surface area contributed by atoms with Crippen LogP contribution in [-0.4, -0.2) is 47.4 Å². The molecule has 0 spiro atoms. The Balaban J connectivity index is 2.64. The van der Waals surface area contributed by atoms with Crippen LogP contribution < -0.4 is 5.32 Å². The molecule has 1 aromatic carbocycles. The zero-order chi connectivity index (χ0) is 16.7. The van der Waals surface area contributed by atoms with Gasteiger partial charge < -0.3 is 15.3 Å². The van der Waals surface area contributed by atoms with Crippen LogP contribution in [0, 0.1) is 13.8 Å². The predicted octanol–water partition coefficient (Wildman–Crippen LogP) is 1.36. The van der Waals surface area contributed by atoms with Crippen LogP contribution >= 0.6 is 0 Å². The number of nitrogens with one attached hydrogen (secondary N) is 1. The molecule has 0 heterocycles. The summed E-state index contributed by atoms with van der Waals surface area (Å²) < 4.78 is 0. The third-order valence-electron chi connectivity index (χ3n) is 3.06. The van der Waals surface area contributed by atoms with Crippen LogP contribution in [0.4, 0.5) is 0 Å². The van der Waals surface area contributed by atoms with E-state index in [-0.39, 0.29) is 19.0 Å². The van der Waals surface area contributed by atoms with Crippen molar-refractivity contribution in [1.82, 2.24) is 10.2 Å². The van der Waals surface area contributed by atoms with Gasteiger partial charge in [0.2, 0.25) is 5.91 Å². The van der Waals surface area contributed by atoms with Gasteiger partial charge in [0.25, 0.3) is 5.91 Å². The third kappa shape index (κ3) is 5.55. The lowest BCUT2D eigenvalue weighted by atomic mass is 10.1. The molecule has 0 aromatic heterocycles. The van der Waals surface area contributed by atoms with Gasteiger partial charge in [0.1, 0.15) is 6.54 Å². The molecular weight excluding hydrogens is 284 g/mol. The van der Waals surface area contributed by atoms with Crippen LogP contribution in [-0.2, 0) is 9.59 Å². The molecule has 6 heteroatoms. The fourth-order valence-corrected chi connectivity index (χ4v) is 2.20. The highest BCUT2D eigenvalue weighted by molar-refractivity contribution is 5.97. The number of benzene rings is 1. The van der Waals surface area contributed by atoms with Gasteiger partial charge in [-0.3, -0.25) is 14.4 Å². The van der Waals surface area contributed by atoms with Crippen LogP contribution in [0.3, 0.4) is 0 Å². The summed E-state index contributed by atoms with van der Waals surface area (Å²) in [5, 5.41) is 11.3. The molecule has 0 unspecified atom stereocenters. The maximum atomic E-state index is 12.1. The van der Waals surface area contributed by atoms with Gasteiger partial charge in [0.05, 0.1) is 6.54 Å². The zero-order valence-electron chi connectivity index (χ0n) is 13.2. The van der Waals surface area contributed by atoms with Gasteiger partial charge >= 0.3 is 5.97 Å². The van der Waals surface area contributed by atoms with Crippen molar-refractivity contribution >= 4 is 17.8 Å². The van der Waals surface area contributed by atoms with Crippen molar-refractivity contribution in [3.05, 3.63) is 34.9 Å². The van der Waals surface area contributed by atoms with Gasteiger partial charge in [-0.15, -0.1) is 0 Å². The monoisotopic (exact) mass is 306 g/mol. The van der Waals surface area contributed by atoms with Crippen molar-refractivity contribution in [3.8, 4) is 0 Å². The number of aliphatic carboxylic acids is 1. The second-order valence-corrected chi connectivity index (χ2v) is 5.27. The number of carbonyl (C=O) groups is 3. The molecule has 0 fully saturated rings. The molecule has 22 heavy (non-hydrogen) atoms. The third-order valence-corrected chi connectivity index (χ3v) is 3.06. The molecule has 0 aliphatic heterocycles. The van der Waals surface area contributed by atoms with E-state index in [1.54, 1.807) is 12.1 Å². The molecule has 6 nitrogen and oxygen atoms in total. The Morgan fingerprint density at radius 1 is 1.14 bits per heavy atom. The molecule has 0 saturated heterocycles. The van der Waals surface area contributed by atoms with Crippen molar-refractivity contribution in [1.29, 1.82) is 0 Å². The van der Waals surface area contributed by atoms with Gasteiger partial charge in [-0.2, -0.15) is 0 Å². The van der Waals surface area contributed by atoms with Crippen molar-refractivity contribution in [2.24, 2.45) is 0 Å². The van der Waals surface area contributed by atoms with Crippen molar-refractivity contribution in [2.45, 2.75) is 27.2 Å². The second-order valence-electron chi connectivity index (χ2n) is 5.27. The summed E-state index contributed by atoms with van der Waals surface area (Å²) in [6.45, 7) is 5.43. The molecule has 0 atom stereocenters. The summed E-state index contributed by atoms with van der Waals surface area (Å²) in [5.41, 5.74) is 2.43. The maximum Gasteiger partial charge on any atom is 0.323 e. The van der Waals surface area contributed by atoms with Crippen molar-refractivity contribution < 1.29 is 19.5 Å². The van der Waals surface area contributed by atoms with E-state index in [1.807, 2.05) is 26.8 Å². The van der Waals surface area contributed by atoms with Gasteiger partial charge in [-0.1, -0.05) is 24.1 Å². The molecule has 0 radical (unpaired) electrons. The molecule has 1 aromatic rings. The Morgan fingerprint density at radius 2 is 1.73 bits per heavy atom. The number of carboxylic acid groups (broad SMARTS) is 1. The first-order chi connectivity index (χ1) is 10.3. The first-order valence-corrected chi connectivity index (χ1v) is 7.19. The fraction of sp³-hybridized carbons (Fsp3) is 0.438. The number of hydrogen-bond donors (Lipinski definition) is 2. The smallest absolute Gasteiger partial charge is 0.323 e. The zero-order valence-corrected chi connectivity index (χ0v) is 13.2. The lowest BCUT2D eigenvalue weighted by Crippen LogP contribution is -2.42. The number of rotatable bonds is 7. The normalized spacial score (nSPS) is 10.1. The van der Waals surface area contributed by atoms with E-state index < -0.39 is 11.9 Å². The summed E-state index contributed by atoms with van der Waals surface area (Å²) in [6, 6.07) is 5.44. The van der Waals surface area contributed by atoms with Gasteiger partial charge in [0.15, 0.2) is 0 Å². The summed E-state index contributed by atoms with van der Waals surface area (Å²) >= 11 is 0. The highest BCUT2D eigenvalue weighted by atomic mass is 16.4. The Hall–Kier alpha value is -2.37. The predicted molar refractivity (Wildman–Crippen MR) is 82.8 cm³/mol. The summed E-state index contributed by atoms with van der Waals surface area (Å²) in [7, 11) is 0. The van der Waals surface area contributed by atoms with E-state index in [0.29, 0.717) is 18.5 Å². The maximum absolute atomic E-state index is 12.1. The minimum absolute atomic E-state index is 0.209. The Morgan fingerprint density at radius 3 is 2.23 bits per heavy atom. The lowest BCUT2D eigenvalue weighted by molar-refractivity contribution is -0.144. The number of aryl methyl sites for hydroxylation is 2. The topological polar surface area (TPSA) is 86.7 Å². The highest BCUT2D eigenvalue weighted by Crippen LogP contribution is 2.08. The Kier molecular flexibility index (Phi) is 6.56. The summed E-state index contributed by atoms with van der Waals surface area (Å²) in [5.74, 6) is -1.81. The quantitative estimate of drug-likeness (QED) is 0.796. The van der Waals surface area contributed by atoms with E-state index >= 15 is 0 Å². The minimum Gasteiger partial charge on any atom is -0.480 e. The average Bonchev–Trinajstić information content (AvgIpc) is 2.42. The van der Waals surface area contributed by atoms with Crippen LogP contribution in [0.1, 0.15) is 34.8 Å². The standard InChI is InChI=1S/C16H22N2O4/c1-4-5-18(10-15(20)21)14(19)9-17-16(22)13-7-11(2)6-12(3)8-13/h6-8H,4-5,9-10H2,1-3H3,(H,17,22)(H,20,21). The second kappa shape index (κ2) is 8.17. The van der Waals surface area contributed by atoms with Gasteiger partial charge in [-0.05, 0) is 32.4 Å². The first kappa shape index (κ1) is 17.7. The van der Waals surface area contributed by atoms with E-state index in [2.05, 4.69) is 5.32 Å². The van der Waals surface area contributed by atoms with E-state index in [9.17, 15) is 14.4 Å². The van der Waals surface area contributed by atoms with Crippen LogP contribution in [0.25, 0.3) is 0 Å². The molecule has 0 bridgehead atoms. The molecule has 2 N–H and O–H groups in total. The molecule has 0 aliphatic rings. The SMILES string of the molecule is CCCN(CC(=O)O)C(=O)CNC(=O)c1cc(C)cc(C)c1. The number of amides is 2. The van der Waals surface area contributed by atoms with E-state index in [1.165, 1.54) is 4.90 Å². The molecular formula is C16H22N2O4. The van der Waals surface area contributed by atoms with E-state index in [0.717, 1.165) is 11.1 Å².